The van der Waals surface area contributed by atoms with Gasteiger partial charge in [-0.25, -0.2) is 0 Å². The topological polar surface area (TPSA) is 77.2 Å². The molecule has 1 amide bonds. The lowest BCUT2D eigenvalue weighted by atomic mass is 10.1. The van der Waals surface area contributed by atoms with Crippen LogP contribution < -0.4 is 5.32 Å². The van der Waals surface area contributed by atoms with Crippen LogP contribution in [0.3, 0.4) is 0 Å². The number of carbonyl (C=O) groups excluding carboxylic acids is 1. The molecule has 0 atom stereocenters. The Morgan fingerprint density at radius 2 is 1.96 bits per heavy atom. The zero-order valence-corrected chi connectivity index (χ0v) is 14.5. The number of hydrogen-bond acceptors (Lipinski definition) is 5. The number of H-pyrrole nitrogens is 1. The number of aryl methyl sites for hydroxylation is 1. The third-order valence-electron chi connectivity index (χ3n) is 4.42. The number of nitrogens with one attached hydrogen (secondary N) is 2. The molecule has 1 aromatic carbocycles. The summed E-state index contributed by atoms with van der Waals surface area (Å²) in [5.74, 6) is 0.363. The van der Waals surface area contributed by atoms with Gasteiger partial charge in [0.25, 0.3) is 5.91 Å². The second-order valence-electron chi connectivity index (χ2n) is 6.08. The van der Waals surface area contributed by atoms with Gasteiger partial charge in [-0.2, -0.15) is 5.21 Å². The molecule has 1 fully saturated rings. The summed E-state index contributed by atoms with van der Waals surface area (Å²) in [7, 11) is 0. The van der Waals surface area contributed by atoms with Crippen molar-refractivity contribution in [3.05, 3.63) is 48.2 Å². The van der Waals surface area contributed by atoms with E-state index in [0.29, 0.717) is 24.6 Å². The van der Waals surface area contributed by atoms with Crippen molar-refractivity contribution in [2.45, 2.75) is 13.3 Å². The lowest BCUT2D eigenvalue weighted by Gasteiger charge is -2.33. The van der Waals surface area contributed by atoms with Crippen molar-refractivity contribution in [1.82, 2.24) is 25.2 Å². The highest BCUT2D eigenvalue weighted by Crippen LogP contribution is 2.19. The molecule has 25 heavy (non-hydrogen) atoms. The quantitative estimate of drug-likeness (QED) is 0.787. The third kappa shape index (κ3) is 4.06. The Balaban J connectivity index is 1.66. The number of nitrogens with zero attached hydrogens (tertiary/aromatic N) is 4. The van der Waals surface area contributed by atoms with Gasteiger partial charge in [0.2, 0.25) is 0 Å². The lowest BCUT2D eigenvalue weighted by Crippen LogP contribution is -2.48. The molecule has 1 aliphatic rings. The number of aromatic amines is 1. The number of piperazine rings is 1. The summed E-state index contributed by atoms with van der Waals surface area (Å²) in [5, 5.41) is 13.9. The van der Waals surface area contributed by atoms with Crippen molar-refractivity contribution in [2.75, 3.05) is 38.0 Å². The molecule has 132 valence electrons. The van der Waals surface area contributed by atoms with Gasteiger partial charge in [0, 0.05) is 38.4 Å². The zero-order chi connectivity index (χ0) is 17.6. The standard InChI is InChI=1S/C18H24N6O/c1-3-9-23-10-12-24(13-11-23)18(25)16-17(21-22-20-16)19-15-7-5-14(4-2)6-8-15/h3,5-8H,1,4,9-13H2,2H3,(H2,19,20,21,22). The number of amides is 1. The number of rotatable bonds is 6. The molecule has 7 heteroatoms. The largest absolute Gasteiger partial charge is 0.337 e. The molecule has 0 radical (unpaired) electrons. The molecule has 0 aliphatic carbocycles. The van der Waals surface area contributed by atoms with Gasteiger partial charge in [-0.3, -0.25) is 9.69 Å². The predicted octanol–water partition coefficient (Wildman–Crippen LogP) is 2.05. The van der Waals surface area contributed by atoms with E-state index in [9.17, 15) is 4.79 Å². The number of hydrogen-bond donors (Lipinski definition) is 2. The molecule has 7 nitrogen and oxygen atoms in total. The summed E-state index contributed by atoms with van der Waals surface area (Å²) in [6, 6.07) is 8.08. The van der Waals surface area contributed by atoms with Crippen LogP contribution in [-0.2, 0) is 6.42 Å². The van der Waals surface area contributed by atoms with Crippen molar-refractivity contribution >= 4 is 17.4 Å². The highest BCUT2D eigenvalue weighted by molar-refractivity contribution is 5.97. The summed E-state index contributed by atoms with van der Waals surface area (Å²) in [6.45, 7) is 9.79. The number of aromatic nitrogens is 3. The molecular weight excluding hydrogens is 316 g/mol. The second-order valence-corrected chi connectivity index (χ2v) is 6.08. The van der Waals surface area contributed by atoms with Crippen LogP contribution in [-0.4, -0.2) is 63.8 Å². The lowest BCUT2D eigenvalue weighted by molar-refractivity contribution is 0.0645. The van der Waals surface area contributed by atoms with E-state index in [-0.39, 0.29) is 5.91 Å². The summed E-state index contributed by atoms with van der Waals surface area (Å²) in [6.07, 6.45) is 2.88. The van der Waals surface area contributed by atoms with Gasteiger partial charge in [0.05, 0.1) is 0 Å². The highest BCUT2D eigenvalue weighted by atomic mass is 16.2. The molecule has 2 N–H and O–H groups in total. The number of benzene rings is 1. The van der Waals surface area contributed by atoms with Gasteiger partial charge >= 0.3 is 0 Å². The van der Waals surface area contributed by atoms with Crippen LogP contribution in [0.5, 0.6) is 0 Å². The van der Waals surface area contributed by atoms with Crippen LogP contribution in [0, 0.1) is 0 Å². The van der Waals surface area contributed by atoms with E-state index >= 15 is 0 Å². The molecule has 2 aromatic rings. The summed E-state index contributed by atoms with van der Waals surface area (Å²) in [4.78, 5) is 16.9. The minimum Gasteiger partial charge on any atom is -0.337 e. The second kappa shape index (κ2) is 7.94. The fourth-order valence-electron chi connectivity index (χ4n) is 2.89. The van der Waals surface area contributed by atoms with Gasteiger partial charge < -0.3 is 10.2 Å². The van der Waals surface area contributed by atoms with Crippen molar-refractivity contribution in [3.63, 3.8) is 0 Å². The van der Waals surface area contributed by atoms with Gasteiger partial charge in [-0.1, -0.05) is 25.1 Å². The minimum absolute atomic E-state index is 0.0975. The van der Waals surface area contributed by atoms with Crippen LogP contribution in [0.15, 0.2) is 36.9 Å². The maximum atomic E-state index is 12.8. The first kappa shape index (κ1) is 17.2. The van der Waals surface area contributed by atoms with Crippen molar-refractivity contribution in [1.29, 1.82) is 0 Å². The SMILES string of the molecule is C=CCN1CCN(C(=O)c2n[nH]nc2Nc2ccc(CC)cc2)CC1. The van der Waals surface area contributed by atoms with E-state index in [1.165, 1.54) is 5.56 Å². The fourth-order valence-corrected chi connectivity index (χ4v) is 2.89. The van der Waals surface area contributed by atoms with Crippen LogP contribution >= 0.6 is 0 Å². The van der Waals surface area contributed by atoms with E-state index in [1.54, 1.807) is 0 Å². The molecule has 1 aliphatic heterocycles. The molecule has 0 unspecified atom stereocenters. The monoisotopic (exact) mass is 340 g/mol. The van der Waals surface area contributed by atoms with Crippen LogP contribution in [0.25, 0.3) is 0 Å². The van der Waals surface area contributed by atoms with Gasteiger partial charge in [0.15, 0.2) is 11.5 Å². The van der Waals surface area contributed by atoms with Crippen LogP contribution in [0.2, 0.25) is 0 Å². The van der Waals surface area contributed by atoms with Crippen molar-refractivity contribution in [3.8, 4) is 0 Å². The van der Waals surface area contributed by atoms with Gasteiger partial charge in [0.1, 0.15) is 0 Å². The van der Waals surface area contributed by atoms with E-state index in [4.69, 9.17) is 0 Å². The molecule has 1 aromatic heterocycles. The van der Waals surface area contributed by atoms with Crippen molar-refractivity contribution < 1.29 is 4.79 Å². The molecule has 0 spiro atoms. The van der Waals surface area contributed by atoms with Gasteiger partial charge in [-0.15, -0.1) is 16.8 Å². The van der Waals surface area contributed by atoms with E-state index < -0.39 is 0 Å². The Morgan fingerprint density at radius 3 is 2.60 bits per heavy atom. The molecule has 3 rings (SSSR count). The van der Waals surface area contributed by atoms with E-state index in [0.717, 1.165) is 31.7 Å². The number of carbonyl (C=O) groups is 1. The molecule has 0 bridgehead atoms. The Kier molecular flexibility index (Phi) is 5.45. The molecule has 0 saturated carbocycles. The normalized spacial score (nSPS) is 15.2. The maximum Gasteiger partial charge on any atom is 0.278 e. The molecule has 1 saturated heterocycles. The zero-order valence-electron chi connectivity index (χ0n) is 14.5. The van der Waals surface area contributed by atoms with E-state index in [1.807, 2.05) is 23.1 Å². The third-order valence-corrected chi connectivity index (χ3v) is 4.42. The smallest absolute Gasteiger partial charge is 0.278 e. The Labute approximate surface area is 147 Å². The average molecular weight is 340 g/mol. The highest BCUT2D eigenvalue weighted by Gasteiger charge is 2.26. The predicted molar refractivity (Wildman–Crippen MR) is 98.0 cm³/mol. The Hall–Kier alpha value is -2.67. The summed E-state index contributed by atoms with van der Waals surface area (Å²) < 4.78 is 0. The first-order chi connectivity index (χ1) is 12.2. The van der Waals surface area contributed by atoms with Gasteiger partial charge in [-0.05, 0) is 24.1 Å². The average Bonchev–Trinajstić information content (AvgIpc) is 3.11. The van der Waals surface area contributed by atoms with Crippen molar-refractivity contribution in [2.24, 2.45) is 0 Å². The van der Waals surface area contributed by atoms with Crippen LogP contribution in [0.4, 0.5) is 11.5 Å². The number of anilines is 2. The minimum atomic E-state index is -0.0975. The Morgan fingerprint density at radius 1 is 1.24 bits per heavy atom. The molecule has 2 heterocycles. The first-order valence-corrected chi connectivity index (χ1v) is 8.60. The fraction of sp³-hybridized carbons (Fsp3) is 0.389. The summed E-state index contributed by atoms with van der Waals surface area (Å²) >= 11 is 0. The Bertz CT molecular complexity index is 715. The van der Waals surface area contributed by atoms with E-state index in [2.05, 4.69) is 51.3 Å². The first-order valence-electron chi connectivity index (χ1n) is 8.60. The maximum absolute atomic E-state index is 12.8. The molecular formula is C18H24N6O. The van der Waals surface area contributed by atoms with Crippen LogP contribution in [0.1, 0.15) is 23.0 Å². The summed E-state index contributed by atoms with van der Waals surface area (Å²) in [5.41, 5.74) is 2.48.